The van der Waals surface area contributed by atoms with Crippen LogP contribution in [0.25, 0.3) is 5.95 Å². The van der Waals surface area contributed by atoms with Gasteiger partial charge < -0.3 is 10.2 Å². The Morgan fingerprint density at radius 3 is 2.81 bits per heavy atom. The number of nitrogens with zero attached hydrogens (tertiary/aromatic N) is 5. The van der Waals surface area contributed by atoms with Gasteiger partial charge in [-0.25, -0.2) is 14.6 Å². The lowest BCUT2D eigenvalue weighted by Crippen LogP contribution is -2.24. The average Bonchev–Trinajstić information content (AvgIpc) is 3.32. The standard InChI is InChI=1S/C19H18N6O2/c26-17-6-2-9-24(17)12-14-4-1-5-15(10-14)18(27)23-16-11-22-25(13-16)19-20-7-3-8-21-19/h1,3-5,7-8,10-11,13H,2,6,9,12H2,(H,23,27). The van der Waals surface area contributed by atoms with Crippen molar-refractivity contribution in [1.29, 1.82) is 0 Å². The number of hydrogen-bond acceptors (Lipinski definition) is 5. The summed E-state index contributed by atoms with van der Waals surface area (Å²) in [5.74, 6) is 0.355. The van der Waals surface area contributed by atoms with Crippen LogP contribution in [0.15, 0.2) is 55.1 Å². The molecule has 1 aromatic carbocycles. The molecular weight excluding hydrogens is 344 g/mol. The highest BCUT2D eigenvalue weighted by Crippen LogP contribution is 2.16. The maximum Gasteiger partial charge on any atom is 0.255 e. The predicted molar refractivity (Wildman–Crippen MR) is 98.2 cm³/mol. The molecule has 1 saturated heterocycles. The zero-order valence-electron chi connectivity index (χ0n) is 14.6. The van der Waals surface area contributed by atoms with Crippen molar-refractivity contribution in [2.45, 2.75) is 19.4 Å². The molecule has 0 saturated carbocycles. The summed E-state index contributed by atoms with van der Waals surface area (Å²) in [6.07, 6.45) is 7.95. The molecule has 0 atom stereocenters. The van der Waals surface area contributed by atoms with Gasteiger partial charge >= 0.3 is 0 Å². The van der Waals surface area contributed by atoms with Gasteiger partial charge in [-0.3, -0.25) is 9.59 Å². The molecule has 0 spiro atoms. The van der Waals surface area contributed by atoms with Crippen LogP contribution >= 0.6 is 0 Å². The van der Waals surface area contributed by atoms with Crippen LogP contribution in [-0.2, 0) is 11.3 Å². The summed E-state index contributed by atoms with van der Waals surface area (Å²) < 4.78 is 1.49. The minimum absolute atomic E-state index is 0.167. The van der Waals surface area contributed by atoms with E-state index in [0.717, 1.165) is 18.5 Å². The number of rotatable bonds is 5. The summed E-state index contributed by atoms with van der Waals surface area (Å²) in [5.41, 5.74) is 2.02. The quantitative estimate of drug-likeness (QED) is 0.750. The van der Waals surface area contributed by atoms with Crippen molar-refractivity contribution in [2.24, 2.45) is 0 Å². The van der Waals surface area contributed by atoms with E-state index in [-0.39, 0.29) is 11.8 Å². The van der Waals surface area contributed by atoms with Crippen molar-refractivity contribution in [2.75, 3.05) is 11.9 Å². The van der Waals surface area contributed by atoms with Gasteiger partial charge in [0.25, 0.3) is 5.91 Å². The van der Waals surface area contributed by atoms with E-state index < -0.39 is 0 Å². The highest BCUT2D eigenvalue weighted by Gasteiger charge is 2.20. The highest BCUT2D eigenvalue weighted by molar-refractivity contribution is 6.04. The SMILES string of the molecule is O=C(Nc1cnn(-c2ncccn2)c1)c1cccc(CN2CCCC2=O)c1. The summed E-state index contributed by atoms with van der Waals surface area (Å²) in [4.78, 5) is 34.4. The molecule has 3 heterocycles. The van der Waals surface area contributed by atoms with Crippen LogP contribution < -0.4 is 5.32 Å². The van der Waals surface area contributed by atoms with Crippen molar-refractivity contribution in [3.05, 3.63) is 66.2 Å². The van der Waals surface area contributed by atoms with Crippen LogP contribution in [0.1, 0.15) is 28.8 Å². The van der Waals surface area contributed by atoms with Gasteiger partial charge in [0.15, 0.2) is 0 Å². The van der Waals surface area contributed by atoms with E-state index in [0.29, 0.717) is 30.2 Å². The number of carbonyl (C=O) groups excluding carboxylic acids is 2. The summed E-state index contributed by atoms with van der Waals surface area (Å²) in [6, 6.07) is 9.03. The van der Waals surface area contributed by atoms with Gasteiger partial charge in [0.1, 0.15) is 0 Å². The molecule has 2 aromatic heterocycles. The van der Waals surface area contributed by atoms with Crippen LogP contribution in [-0.4, -0.2) is 43.0 Å². The molecule has 136 valence electrons. The number of carbonyl (C=O) groups is 2. The van der Waals surface area contributed by atoms with Gasteiger partial charge in [-0.1, -0.05) is 12.1 Å². The van der Waals surface area contributed by atoms with Gasteiger partial charge in [0, 0.05) is 37.5 Å². The van der Waals surface area contributed by atoms with Crippen molar-refractivity contribution >= 4 is 17.5 Å². The first-order valence-corrected chi connectivity index (χ1v) is 8.69. The topological polar surface area (TPSA) is 93.0 Å². The van der Waals surface area contributed by atoms with Gasteiger partial charge in [-0.15, -0.1) is 0 Å². The van der Waals surface area contributed by atoms with E-state index in [9.17, 15) is 9.59 Å². The molecule has 2 amide bonds. The Kier molecular flexibility index (Phi) is 4.61. The molecule has 8 heteroatoms. The molecule has 1 aliphatic heterocycles. The number of anilines is 1. The molecule has 1 aliphatic rings. The summed E-state index contributed by atoms with van der Waals surface area (Å²) in [7, 11) is 0. The van der Waals surface area contributed by atoms with E-state index in [1.54, 1.807) is 36.9 Å². The Bertz CT molecular complexity index is 969. The second kappa shape index (κ2) is 7.36. The number of aromatic nitrogens is 4. The van der Waals surface area contributed by atoms with Crippen molar-refractivity contribution in [1.82, 2.24) is 24.6 Å². The average molecular weight is 362 g/mol. The number of hydrogen-bond donors (Lipinski definition) is 1. The van der Waals surface area contributed by atoms with E-state index in [1.165, 1.54) is 4.68 Å². The second-order valence-corrected chi connectivity index (χ2v) is 6.30. The van der Waals surface area contributed by atoms with Gasteiger partial charge in [-0.05, 0) is 30.2 Å². The van der Waals surface area contributed by atoms with E-state index >= 15 is 0 Å². The molecule has 8 nitrogen and oxygen atoms in total. The van der Waals surface area contributed by atoms with Crippen molar-refractivity contribution in [3.8, 4) is 5.95 Å². The van der Waals surface area contributed by atoms with Crippen molar-refractivity contribution < 1.29 is 9.59 Å². The zero-order chi connectivity index (χ0) is 18.6. The molecular formula is C19H18N6O2. The van der Waals surface area contributed by atoms with Crippen LogP contribution in [0.3, 0.4) is 0 Å². The Morgan fingerprint density at radius 2 is 2.04 bits per heavy atom. The van der Waals surface area contributed by atoms with Gasteiger partial charge in [0.2, 0.25) is 11.9 Å². The molecule has 0 unspecified atom stereocenters. The van der Waals surface area contributed by atoms with Crippen LogP contribution in [0.5, 0.6) is 0 Å². The van der Waals surface area contributed by atoms with Gasteiger partial charge in [-0.2, -0.15) is 5.10 Å². The fourth-order valence-electron chi connectivity index (χ4n) is 3.01. The Balaban J connectivity index is 1.45. The summed E-state index contributed by atoms with van der Waals surface area (Å²) in [5, 5.41) is 6.98. The lowest BCUT2D eigenvalue weighted by molar-refractivity contribution is -0.128. The van der Waals surface area contributed by atoms with Crippen LogP contribution in [0.4, 0.5) is 5.69 Å². The third-order valence-electron chi connectivity index (χ3n) is 4.33. The van der Waals surface area contributed by atoms with Crippen molar-refractivity contribution in [3.63, 3.8) is 0 Å². The summed E-state index contributed by atoms with van der Waals surface area (Å²) in [6.45, 7) is 1.30. The Hall–Kier alpha value is -3.55. The Morgan fingerprint density at radius 1 is 1.19 bits per heavy atom. The summed E-state index contributed by atoms with van der Waals surface area (Å²) >= 11 is 0. The van der Waals surface area contributed by atoms with E-state index in [4.69, 9.17) is 0 Å². The molecule has 0 radical (unpaired) electrons. The van der Waals surface area contributed by atoms with E-state index in [1.807, 2.05) is 23.1 Å². The largest absolute Gasteiger partial charge is 0.338 e. The second-order valence-electron chi connectivity index (χ2n) is 6.30. The minimum Gasteiger partial charge on any atom is -0.338 e. The highest BCUT2D eigenvalue weighted by atomic mass is 16.2. The van der Waals surface area contributed by atoms with Crippen LogP contribution in [0, 0.1) is 0 Å². The van der Waals surface area contributed by atoms with Crippen LogP contribution in [0.2, 0.25) is 0 Å². The molecule has 3 aromatic rings. The lowest BCUT2D eigenvalue weighted by atomic mass is 10.1. The number of likely N-dealkylation sites (tertiary alicyclic amines) is 1. The fraction of sp³-hybridized carbons (Fsp3) is 0.211. The normalized spacial score (nSPS) is 13.8. The number of benzene rings is 1. The maximum atomic E-state index is 12.6. The molecule has 1 fully saturated rings. The molecule has 27 heavy (non-hydrogen) atoms. The molecule has 1 N–H and O–H groups in total. The van der Waals surface area contributed by atoms with Gasteiger partial charge in [0.05, 0.1) is 18.1 Å². The molecule has 4 rings (SSSR count). The fourth-order valence-corrected chi connectivity index (χ4v) is 3.01. The minimum atomic E-state index is -0.238. The Labute approximate surface area is 155 Å². The first kappa shape index (κ1) is 16.9. The lowest BCUT2D eigenvalue weighted by Gasteiger charge is -2.15. The monoisotopic (exact) mass is 362 g/mol. The van der Waals surface area contributed by atoms with E-state index in [2.05, 4.69) is 20.4 Å². The smallest absolute Gasteiger partial charge is 0.255 e. The first-order chi connectivity index (χ1) is 13.2. The first-order valence-electron chi connectivity index (χ1n) is 8.69. The third-order valence-corrected chi connectivity index (χ3v) is 4.33. The molecule has 0 aliphatic carbocycles. The number of nitrogens with one attached hydrogen (secondary N) is 1. The zero-order valence-corrected chi connectivity index (χ0v) is 14.6. The molecule has 0 bridgehead atoms. The number of amides is 2. The predicted octanol–water partition coefficient (Wildman–Crippen LogP) is 2.04. The third kappa shape index (κ3) is 3.84. The maximum absolute atomic E-state index is 12.6.